The van der Waals surface area contributed by atoms with Gasteiger partial charge in [-0.15, -0.1) is 0 Å². The van der Waals surface area contributed by atoms with Crippen molar-refractivity contribution in [3.05, 3.63) is 0 Å². The van der Waals surface area contributed by atoms with Crippen molar-refractivity contribution in [2.45, 2.75) is -1.73 Å². The van der Waals surface area contributed by atoms with Crippen LogP contribution in [0.5, 0.6) is 0 Å². The van der Waals surface area contributed by atoms with Crippen LogP contribution in [0.4, 0.5) is 0 Å². The first kappa shape index (κ1) is 7.73. The normalized spacial score (nSPS) is 12.0. The van der Waals surface area contributed by atoms with E-state index in [9.17, 15) is 0 Å². The molecule has 0 aliphatic carbocycles. The Morgan fingerprint density at radius 2 is 1.20 bits per heavy atom. The van der Waals surface area contributed by atoms with Gasteiger partial charge in [0.05, 0.1) is 0 Å². The SMILES string of the molecule is [GeH][C](I)(I)I. The zero-order valence-electron chi connectivity index (χ0n) is 2.21. The maximum absolute atomic E-state index is 2.38. The van der Waals surface area contributed by atoms with Gasteiger partial charge in [-0.1, -0.05) is 0 Å². The summed E-state index contributed by atoms with van der Waals surface area (Å²) in [6, 6.07) is 0. The van der Waals surface area contributed by atoms with Gasteiger partial charge in [0.25, 0.3) is 0 Å². The van der Waals surface area contributed by atoms with Crippen LogP contribution in [-0.2, 0) is 0 Å². The third-order valence-electron chi connectivity index (χ3n) is 0. The minimum absolute atomic E-state index is 0.472. The summed E-state index contributed by atoms with van der Waals surface area (Å²) in [6.07, 6.45) is 0. The summed E-state index contributed by atoms with van der Waals surface area (Å²) in [6.45, 7) is 0. The molecule has 0 saturated heterocycles. The van der Waals surface area contributed by atoms with Crippen LogP contribution in [0.15, 0.2) is 0 Å². The summed E-state index contributed by atoms with van der Waals surface area (Å²) in [4.78, 5) is 0. The fourth-order valence-corrected chi connectivity index (χ4v) is 0. The molecule has 0 aliphatic rings. The predicted octanol–water partition coefficient (Wildman–Crippen LogP) is 1.80. The molecule has 0 rings (SSSR count). The van der Waals surface area contributed by atoms with Crippen molar-refractivity contribution in [3.63, 3.8) is 0 Å². The van der Waals surface area contributed by atoms with Gasteiger partial charge in [-0.05, 0) is 0 Å². The molecular formula is CHGeI3. The second-order valence-electron chi connectivity index (χ2n) is 0.542. The van der Waals surface area contributed by atoms with E-state index in [-0.39, 0.29) is 0 Å². The van der Waals surface area contributed by atoms with E-state index < -0.39 is 0 Å². The van der Waals surface area contributed by atoms with Crippen LogP contribution in [0.3, 0.4) is 0 Å². The van der Waals surface area contributed by atoms with Gasteiger partial charge >= 0.3 is 82.6 Å². The second-order valence-corrected chi connectivity index (χ2v) is 21.1. The zero-order chi connectivity index (χ0) is 4.50. The molecule has 2 radical (unpaired) electrons. The third kappa shape index (κ3) is 20.2. The van der Waals surface area contributed by atoms with Crippen molar-refractivity contribution in [1.82, 2.24) is 0 Å². The predicted molar refractivity (Wildman–Crippen MR) is 51.9 cm³/mol. The maximum atomic E-state index is 2.38. The van der Waals surface area contributed by atoms with Crippen molar-refractivity contribution in [1.29, 1.82) is 0 Å². The first-order chi connectivity index (χ1) is 2.00. The van der Waals surface area contributed by atoms with Crippen molar-refractivity contribution in [3.8, 4) is 0 Å². The van der Waals surface area contributed by atoms with Gasteiger partial charge in [0.1, 0.15) is 0 Å². The first-order valence-corrected chi connectivity index (χ1v) is 5.30. The zero-order valence-corrected chi connectivity index (χ0v) is 11.1. The summed E-state index contributed by atoms with van der Waals surface area (Å²) in [5.41, 5.74) is 0. The monoisotopic (exact) mass is 468 g/mol. The van der Waals surface area contributed by atoms with Crippen molar-refractivity contribution >= 4 is 84.3 Å². The average molecular weight is 466 g/mol. The van der Waals surface area contributed by atoms with E-state index in [4.69, 9.17) is 0 Å². The molecule has 0 heterocycles. The Balaban J connectivity index is 3.02. The summed E-state index contributed by atoms with van der Waals surface area (Å²) in [7, 11) is 0. The molecule has 0 spiro atoms. The van der Waals surface area contributed by atoms with Crippen LogP contribution in [0.2, 0.25) is 0 Å². The standard InChI is InChI=1S/CHGeI3/c2-1(3,4)5/h2H. The van der Waals surface area contributed by atoms with Gasteiger partial charge in [0, 0.05) is 0 Å². The Morgan fingerprint density at radius 1 is 1.20 bits per heavy atom. The molecule has 0 unspecified atom stereocenters. The van der Waals surface area contributed by atoms with E-state index >= 15 is 0 Å². The van der Waals surface area contributed by atoms with Crippen LogP contribution in [0.1, 0.15) is 0 Å². The van der Waals surface area contributed by atoms with Gasteiger partial charge in [-0.3, -0.25) is 0 Å². The van der Waals surface area contributed by atoms with Gasteiger partial charge in [0.15, 0.2) is 0 Å². The van der Waals surface area contributed by atoms with E-state index in [1.54, 1.807) is 16.5 Å². The molecule has 0 aliphatic heterocycles. The number of halogens is 3. The van der Waals surface area contributed by atoms with Crippen LogP contribution in [-0.4, -0.2) is 14.8 Å². The second kappa shape index (κ2) is 2.90. The van der Waals surface area contributed by atoms with Crippen LogP contribution in [0.25, 0.3) is 0 Å². The molecular weight excluding hydrogens is 465 g/mol. The van der Waals surface area contributed by atoms with Gasteiger partial charge < -0.3 is 0 Å². The molecule has 0 aromatic carbocycles. The Morgan fingerprint density at radius 3 is 1.20 bits per heavy atom. The molecule has 0 fully saturated rings. The van der Waals surface area contributed by atoms with E-state index in [0.29, 0.717) is -1.73 Å². The van der Waals surface area contributed by atoms with E-state index in [1.165, 1.54) is 0 Å². The summed E-state index contributed by atoms with van der Waals surface area (Å²) < 4.78 is 0.472. The quantitative estimate of drug-likeness (QED) is 0.290. The third-order valence-corrected chi connectivity index (χ3v) is 0. The average Bonchev–Trinajstić information content (AvgIpc) is 0.722. The molecule has 0 saturated carbocycles. The summed E-state index contributed by atoms with van der Waals surface area (Å²) in [5.74, 6) is 0. The van der Waals surface area contributed by atoms with Crippen LogP contribution >= 0.6 is 67.8 Å². The fourth-order valence-electron chi connectivity index (χ4n) is 0. The molecule has 0 amide bonds. The Kier molecular flexibility index (Phi) is 4.49. The van der Waals surface area contributed by atoms with Crippen molar-refractivity contribution in [2.24, 2.45) is 0 Å². The number of alkyl halides is 3. The number of hydrogen-bond donors (Lipinski definition) is 0. The fraction of sp³-hybridized carbons (Fsp3) is 1.00. The van der Waals surface area contributed by atoms with Gasteiger partial charge in [-0.25, -0.2) is 0 Å². The van der Waals surface area contributed by atoms with Crippen LogP contribution in [0, 0.1) is 0 Å². The number of rotatable bonds is 0. The molecule has 0 nitrogen and oxygen atoms in total. The topological polar surface area (TPSA) is 0 Å². The number of hydrogen-bond acceptors (Lipinski definition) is 0. The molecule has 0 aromatic rings. The van der Waals surface area contributed by atoms with Gasteiger partial charge in [-0.2, -0.15) is 0 Å². The summed E-state index contributed by atoms with van der Waals surface area (Å²) in [5, 5.41) is 0. The van der Waals surface area contributed by atoms with Crippen molar-refractivity contribution in [2.75, 3.05) is 0 Å². The Bertz CT molecular complexity index is 22.4. The van der Waals surface area contributed by atoms with Crippen LogP contribution < -0.4 is 0 Å². The van der Waals surface area contributed by atoms with E-state index in [1.807, 2.05) is 0 Å². The Hall–Kier alpha value is 2.73. The molecule has 4 heteroatoms. The van der Waals surface area contributed by atoms with Crippen molar-refractivity contribution < 1.29 is 0 Å². The first-order valence-electron chi connectivity index (χ1n) is 0.856. The molecule has 0 aromatic heterocycles. The summed E-state index contributed by atoms with van der Waals surface area (Å²) >= 11 is 8.89. The molecule has 0 bridgehead atoms. The molecule has 0 atom stereocenters. The Labute approximate surface area is 80.9 Å². The van der Waals surface area contributed by atoms with Gasteiger partial charge in [0.2, 0.25) is 0 Å². The molecule has 30 valence electrons. The van der Waals surface area contributed by atoms with E-state index in [2.05, 4.69) is 67.8 Å². The molecule has 0 N–H and O–H groups in total. The molecule has 5 heavy (non-hydrogen) atoms. The van der Waals surface area contributed by atoms with E-state index in [0.717, 1.165) is 0 Å². The minimum atomic E-state index is 0.472.